The first-order valence-electron chi connectivity index (χ1n) is 12.2. The number of aromatic nitrogens is 1. The lowest BCUT2D eigenvalue weighted by atomic mass is 9.78. The van der Waals surface area contributed by atoms with Crippen LogP contribution in [0, 0.1) is 12.8 Å². The van der Waals surface area contributed by atoms with Gasteiger partial charge in [0.1, 0.15) is 5.75 Å². The Hall–Kier alpha value is -2.73. The maximum Gasteiger partial charge on any atom is 0.124 e. The van der Waals surface area contributed by atoms with E-state index in [9.17, 15) is 0 Å². The molecular formula is C29H31N3OS. The zero-order valence-corrected chi connectivity index (χ0v) is 20.6. The maximum atomic E-state index is 5.78. The maximum absolute atomic E-state index is 5.78. The van der Waals surface area contributed by atoms with Crippen LogP contribution in [0.25, 0.3) is 10.2 Å². The molecular weight excluding hydrogens is 438 g/mol. The lowest BCUT2D eigenvalue weighted by molar-refractivity contribution is 0.197. The quantitative estimate of drug-likeness (QED) is 0.382. The molecule has 4 atom stereocenters. The average Bonchev–Trinajstić information content (AvgIpc) is 3.58. The molecule has 4 aromatic rings. The lowest BCUT2D eigenvalue weighted by Crippen LogP contribution is -2.50. The number of thiazole rings is 1. The van der Waals surface area contributed by atoms with Crippen LogP contribution in [0.3, 0.4) is 0 Å². The molecule has 2 aliphatic heterocycles. The first-order chi connectivity index (χ1) is 16.7. The van der Waals surface area contributed by atoms with Gasteiger partial charge in [-0.3, -0.25) is 4.90 Å². The van der Waals surface area contributed by atoms with Crippen LogP contribution in [-0.2, 0) is 6.54 Å². The van der Waals surface area contributed by atoms with Gasteiger partial charge < -0.3 is 10.1 Å². The van der Waals surface area contributed by atoms with Crippen LogP contribution in [0.4, 0.5) is 0 Å². The third kappa shape index (κ3) is 3.92. The van der Waals surface area contributed by atoms with E-state index in [2.05, 4.69) is 89.9 Å². The largest absolute Gasteiger partial charge is 0.496 e. The van der Waals surface area contributed by atoms with Gasteiger partial charge in [0.05, 0.1) is 22.3 Å². The Bertz CT molecular complexity index is 1230. The fourth-order valence-electron chi connectivity index (χ4n) is 6.17. The zero-order valence-electron chi connectivity index (χ0n) is 19.8. The second-order valence-electron chi connectivity index (χ2n) is 9.60. The molecule has 2 aliphatic rings. The molecule has 2 saturated heterocycles. The fourth-order valence-corrected chi connectivity index (χ4v) is 7.01. The fraction of sp³-hybridized carbons (Fsp3) is 0.345. The van der Waals surface area contributed by atoms with Gasteiger partial charge >= 0.3 is 0 Å². The molecule has 0 spiro atoms. The lowest BCUT2D eigenvalue weighted by Gasteiger charge is -2.39. The first-order valence-corrected chi connectivity index (χ1v) is 13.0. The summed E-state index contributed by atoms with van der Waals surface area (Å²) in [6, 6.07) is 27.3. The topological polar surface area (TPSA) is 37.4 Å². The van der Waals surface area contributed by atoms with Crippen molar-refractivity contribution in [3.63, 3.8) is 0 Å². The molecule has 1 unspecified atom stereocenters. The molecule has 0 saturated carbocycles. The zero-order chi connectivity index (χ0) is 23.1. The molecule has 4 nitrogen and oxygen atoms in total. The second kappa shape index (κ2) is 9.14. The number of nitrogens with one attached hydrogen (secondary N) is 1. The normalized spacial score (nSPS) is 23.7. The van der Waals surface area contributed by atoms with Crippen molar-refractivity contribution in [3.05, 3.63) is 94.5 Å². The number of fused-ring (bicyclic) bond motifs is 3. The Morgan fingerprint density at radius 2 is 1.76 bits per heavy atom. The molecule has 6 rings (SSSR count). The molecule has 2 fully saturated rings. The number of aryl methyl sites for hydroxylation is 1. The Labute approximate surface area is 205 Å². The summed E-state index contributed by atoms with van der Waals surface area (Å²) in [6.07, 6.45) is 1.27. The van der Waals surface area contributed by atoms with Crippen LogP contribution in [-0.4, -0.2) is 42.2 Å². The van der Waals surface area contributed by atoms with E-state index >= 15 is 0 Å². The number of rotatable bonds is 7. The van der Waals surface area contributed by atoms with Crippen molar-refractivity contribution in [1.29, 1.82) is 0 Å². The first kappa shape index (κ1) is 21.8. The monoisotopic (exact) mass is 469 g/mol. The standard InChI is InChI=1S/C29H31N3OS/c1-19-31-24-15-23(25(33-2)16-26(24)34-19)17-30-28-22-13-14-32(18-22)29(28)27(20-9-5-3-6-10-20)21-11-7-4-8-12-21/h3-12,15-16,22,27-30H,13-14,17-18H2,1-2H3/t22-,28-,29-/m1/s1. The number of hydrogen-bond donors (Lipinski definition) is 1. The number of piperidine rings is 1. The van der Waals surface area contributed by atoms with Crippen molar-refractivity contribution in [2.45, 2.75) is 37.9 Å². The van der Waals surface area contributed by atoms with Crippen molar-refractivity contribution >= 4 is 21.6 Å². The van der Waals surface area contributed by atoms with E-state index in [4.69, 9.17) is 9.72 Å². The highest BCUT2D eigenvalue weighted by Crippen LogP contribution is 2.43. The van der Waals surface area contributed by atoms with Crippen LogP contribution >= 0.6 is 11.3 Å². The Balaban J connectivity index is 1.33. The van der Waals surface area contributed by atoms with Gasteiger partial charge in [0.15, 0.2) is 0 Å². The summed E-state index contributed by atoms with van der Waals surface area (Å²) in [4.78, 5) is 7.44. The summed E-state index contributed by atoms with van der Waals surface area (Å²) < 4.78 is 6.97. The van der Waals surface area contributed by atoms with E-state index in [0.29, 0.717) is 23.9 Å². The van der Waals surface area contributed by atoms with E-state index in [-0.39, 0.29) is 0 Å². The van der Waals surface area contributed by atoms with Gasteiger partial charge in [-0.1, -0.05) is 60.7 Å². The Kier molecular flexibility index (Phi) is 5.85. The highest BCUT2D eigenvalue weighted by Gasteiger charge is 2.49. The minimum absolute atomic E-state index is 0.343. The summed E-state index contributed by atoms with van der Waals surface area (Å²) in [7, 11) is 1.77. The van der Waals surface area contributed by atoms with Crippen molar-refractivity contribution in [2.75, 3.05) is 20.2 Å². The molecule has 174 valence electrons. The molecule has 2 bridgehead atoms. The van der Waals surface area contributed by atoms with E-state index < -0.39 is 0 Å². The smallest absolute Gasteiger partial charge is 0.124 e. The van der Waals surface area contributed by atoms with Crippen LogP contribution in [0.15, 0.2) is 72.8 Å². The highest BCUT2D eigenvalue weighted by molar-refractivity contribution is 7.18. The number of ether oxygens (including phenoxy) is 1. The van der Waals surface area contributed by atoms with Gasteiger partial charge in [0.25, 0.3) is 0 Å². The molecule has 5 heteroatoms. The molecule has 0 radical (unpaired) electrons. The summed E-state index contributed by atoms with van der Waals surface area (Å²) in [5.74, 6) is 1.97. The highest BCUT2D eigenvalue weighted by atomic mass is 32.1. The Morgan fingerprint density at radius 1 is 1.06 bits per heavy atom. The Morgan fingerprint density at radius 3 is 2.44 bits per heavy atom. The predicted octanol–water partition coefficient (Wildman–Crippen LogP) is 5.61. The van der Waals surface area contributed by atoms with Gasteiger partial charge in [-0.25, -0.2) is 4.98 Å². The number of benzene rings is 3. The minimum Gasteiger partial charge on any atom is -0.496 e. The van der Waals surface area contributed by atoms with Gasteiger partial charge in [-0.15, -0.1) is 11.3 Å². The number of methoxy groups -OCH3 is 1. The van der Waals surface area contributed by atoms with Crippen LogP contribution in [0.5, 0.6) is 5.75 Å². The molecule has 34 heavy (non-hydrogen) atoms. The van der Waals surface area contributed by atoms with Crippen molar-refractivity contribution in [1.82, 2.24) is 15.2 Å². The van der Waals surface area contributed by atoms with E-state index in [0.717, 1.165) is 22.8 Å². The van der Waals surface area contributed by atoms with Gasteiger partial charge in [-0.05, 0) is 49.1 Å². The molecule has 3 heterocycles. The van der Waals surface area contributed by atoms with Crippen molar-refractivity contribution in [3.8, 4) is 5.75 Å². The van der Waals surface area contributed by atoms with E-state index in [1.165, 1.54) is 40.9 Å². The van der Waals surface area contributed by atoms with Gasteiger partial charge in [0, 0.05) is 36.7 Å². The number of hydrogen-bond acceptors (Lipinski definition) is 5. The summed E-state index contributed by atoms with van der Waals surface area (Å²) in [5.41, 5.74) is 5.05. The van der Waals surface area contributed by atoms with Gasteiger partial charge in [0.2, 0.25) is 0 Å². The predicted molar refractivity (Wildman–Crippen MR) is 140 cm³/mol. The van der Waals surface area contributed by atoms with Crippen LogP contribution in [0.2, 0.25) is 0 Å². The molecule has 0 aliphatic carbocycles. The van der Waals surface area contributed by atoms with Crippen molar-refractivity contribution in [2.24, 2.45) is 5.92 Å². The molecule has 1 aromatic heterocycles. The minimum atomic E-state index is 0.343. The number of nitrogens with zero attached hydrogens (tertiary/aromatic N) is 2. The van der Waals surface area contributed by atoms with Gasteiger partial charge in [-0.2, -0.15) is 0 Å². The van der Waals surface area contributed by atoms with E-state index in [1.807, 2.05) is 0 Å². The molecule has 3 aromatic carbocycles. The third-order valence-electron chi connectivity index (χ3n) is 7.64. The second-order valence-corrected chi connectivity index (χ2v) is 10.8. The third-order valence-corrected chi connectivity index (χ3v) is 8.57. The van der Waals surface area contributed by atoms with Crippen LogP contribution < -0.4 is 10.1 Å². The SMILES string of the molecule is COc1cc2sc(C)nc2cc1CN[C@@H]1[C@@H]2CCN(C2)[C@@H]1C(c1ccccc1)c1ccccc1. The molecule has 0 amide bonds. The van der Waals surface area contributed by atoms with Crippen molar-refractivity contribution < 1.29 is 4.74 Å². The summed E-state index contributed by atoms with van der Waals surface area (Å²) >= 11 is 1.72. The summed E-state index contributed by atoms with van der Waals surface area (Å²) in [6.45, 7) is 5.23. The van der Waals surface area contributed by atoms with Crippen LogP contribution in [0.1, 0.15) is 34.0 Å². The van der Waals surface area contributed by atoms with E-state index in [1.54, 1.807) is 18.4 Å². The summed E-state index contributed by atoms with van der Waals surface area (Å²) in [5, 5.41) is 5.09. The molecule has 1 N–H and O–H groups in total. The average molecular weight is 470 g/mol.